The predicted octanol–water partition coefficient (Wildman–Crippen LogP) is 2.03. The molecule has 1 aromatic rings. The average molecular weight is 258 g/mol. The van der Waals surface area contributed by atoms with Crippen LogP contribution in [0.3, 0.4) is 0 Å². The highest BCUT2D eigenvalue weighted by atomic mass is 16.2. The van der Waals surface area contributed by atoms with Crippen molar-refractivity contribution < 1.29 is 4.79 Å². The first-order chi connectivity index (χ1) is 9.21. The number of hydrogen-bond donors (Lipinski definition) is 1. The summed E-state index contributed by atoms with van der Waals surface area (Å²) >= 11 is 0. The first kappa shape index (κ1) is 12.7. The number of nitrogens with one attached hydrogen (secondary N) is 1. The Morgan fingerprint density at radius 1 is 1.32 bits per heavy atom. The van der Waals surface area contributed by atoms with E-state index in [9.17, 15) is 4.79 Å². The largest absolute Gasteiger partial charge is 0.341 e. The summed E-state index contributed by atoms with van der Waals surface area (Å²) in [6.45, 7) is 2.88. The summed E-state index contributed by atoms with van der Waals surface area (Å²) in [5, 5.41) is 3.38. The Morgan fingerprint density at radius 3 is 2.68 bits per heavy atom. The molecule has 1 atom stereocenters. The molecule has 0 aromatic heterocycles. The van der Waals surface area contributed by atoms with E-state index in [4.69, 9.17) is 0 Å². The van der Waals surface area contributed by atoms with Crippen LogP contribution in [0.15, 0.2) is 30.3 Å². The second kappa shape index (κ2) is 4.97. The lowest BCUT2D eigenvalue weighted by molar-refractivity contribution is -0.132. The number of carbonyl (C=O) groups is 1. The molecule has 3 heteroatoms. The first-order valence-electron chi connectivity index (χ1n) is 7.21. The Morgan fingerprint density at radius 2 is 2.00 bits per heavy atom. The zero-order valence-corrected chi connectivity index (χ0v) is 11.6. The summed E-state index contributed by atoms with van der Waals surface area (Å²) in [6.07, 6.45) is 3.44. The molecule has 2 fully saturated rings. The highest BCUT2D eigenvalue weighted by Gasteiger charge is 2.58. The first-order valence-corrected chi connectivity index (χ1v) is 7.21. The summed E-state index contributed by atoms with van der Waals surface area (Å²) in [5.41, 5.74) is 1.55. The molecule has 1 amide bonds. The maximum Gasteiger partial charge on any atom is 0.226 e. The standard InChI is InChI=1S/C16H22N2O/c1-18(12-13-5-3-2-4-6-13)15(19)14-11-16(14)7-9-17-10-8-16/h2-6,14,17H,7-12H2,1H3. The van der Waals surface area contributed by atoms with Crippen LogP contribution in [-0.4, -0.2) is 30.9 Å². The number of benzene rings is 1. The van der Waals surface area contributed by atoms with Crippen LogP contribution in [0.5, 0.6) is 0 Å². The molecule has 0 bridgehead atoms. The van der Waals surface area contributed by atoms with Gasteiger partial charge in [0.15, 0.2) is 0 Å². The summed E-state index contributed by atoms with van der Waals surface area (Å²) in [4.78, 5) is 14.4. The molecule has 1 heterocycles. The number of piperidine rings is 1. The Bertz CT molecular complexity index is 451. The summed E-state index contributed by atoms with van der Waals surface area (Å²) in [7, 11) is 1.93. The molecule has 102 valence electrons. The van der Waals surface area contributed by atoms with E-state index in [0.717, 1.165) is 26.1 Å². The molecular weight excluding hydrogens is 236 g/mol. The molecular formula is C16H22N2O. The molecule has 1 N–H and O–H groups in total. The van der Waals surface area contributed by atoms with Gasteiger partial charge in [0.05, 0.1) is 0 Å². The summed E-state index contributed by atoms with van der Waals surface area (Å²) in [6, 6.07) is 10.2. The fourth-order valence-electron chi connectivity index (χ4n) is 3.38. The van der Waals surface area contributed by atoms with E-state index in [1.54, 1.807) is 0 Å². The van der Waals surface area contributed by atoms with Gasteiger partial charge in [0.2, 0.25) is 5.91 Å². The van der Waals surface area contributed by atoms with E-state index >= 15 is 0 Å². The van der Waals surface area contributed by atoms with Crippen LogP contribution >= 0.6 is 0 Å². The zero-order chi connectivity index (χ0) is 13.3. The zero-order valence-electron chi connectivity index (χ0n) is 11.6. The van der Waals surface area contributed by atoms with Crippen molar-refractivity contribution >= 4 is 5.91 Å². The highest BCUT2D eigenvalue weighted by Crippen LogP contribution is 2.59. The second-order valence-electron chi connectivity index (χ2n) is 6.05. The van der Waals surface area contributed by atoms with Crippen molar-refractivity contribution in [2.75, 3.05) is 20.1 Å². The molecule has 1 aromatic carbocycles. The monoisotopic (exact) mass is 258 g/mol. The number of hydrogen-bond acceptors (Lipinski definition) is 2. The van der Waals surface area contributed by atoms with Gasteiger partial charge in [-0.05, 0) is 43.3 Å². The molecule has 1 aliphatic carbocycles. The number of carbonyl (C=O) groups excluding carboxylic acids is 1. The molecule has 1 spiro atoms. The molecule has 0 radical (unpaired) electrons. The van der Waals surface area contributed by atoms with Gasteiger partial charge in [-0.1, -0.05) is 30.3 Å². The Labute approximate surface area is 115 Å². The van der Waals surface area contributed by atoms with Gasteiger partial charge in [0.25, 0.3) is 0 Å². The molecule has 1 saturated heterocycles. The van der Waals surface area contributed by atoms with Crippen LogP contribution in [0.1, 0.15) is 24.8 Å². The second-order valence-corrected chi connectivity index (χ2v) is 6.05. The van der Waals surface area contributed by atoms with Gasteiger partial charge in [-0.2, -0.15) is 0 Å². The Kier molecular flexibility index (Phi) is 3.31. The van der Waals surface area contributed by atoms with Gasteiger partial charge in [0.1, 0.15) is 0 Å². The van der Waals surface area contributed by atoms with Gasteiger partial charge >= 0.3 is 0 Å². The lowest BCUT2D eigenvalue weighted by atomic mass is 9.91. The molecule has 3 nitrogen and oxygen atoms in total. The SMILES string of the molecule is CN(Cc1ccccc1)C(=O)C1CC12CCNCC2. The van der Waals surface area contributed by atoms with Crippen molar-refractivity contribution in [3.8, 4) is 0 Å². The van der Waals surface area contributed by atoms with Crippen molar-refractivity contribution in [3.63, 3.8) is 0 Å². The Hall–Kier alpha value is -1.35. The van der Waals surface area contributed by atoms with E-state index < -0.39 is 0 Å². The third-order valence-electron chi connectivity index (χ3n) is 4.73. The minimum Gasteiger partial charge on any atom is -0.341 e. The molecule has 1 aliphatic heterocycles. The molecule has 2 aliphatic rings. The fraction of sp³-hybridized carbons (Fsp3) is 0.562. The predicted molar refractivity (Wildman–Crippen MR) is 75.6 cm³/mol. The smallest absolute Gasteiger partial charge is 0.226 e. The molecule has 19 heavy (non-hydrogen) atoms. The van der Waals surface area contributed by atoms with Crippen molar-refractivity contribution in [2.24, 2.45) is 11.3 Å². The topological polar surface area (TPSA) is 32.3 Å². The lowest BCUT2D eigenvalue weighted by Crippen LogP contribution is -2.34. The van der Waals surface area contributed by atoms with Crippen LogP contribution < -0.4 is 5.32 Å². The number of nitrogens with zero attached hydrogens (tertiary/aromatic N) is 1. The minimum atomic E-state index is 0.281. The van der Waals surface area contributed by atoms with E-state index in [1.165, 1.54) is 18.4 Å². The van der Waals surface area contributed by atoms with E-state index in [1.807, 2.05) is 30.1 Å². The third-order valence-corrected chi connectivity index (χ3v) is 4.73. The van der Waals surface area contributed by atoms with Crippen LogP contribution in [0, 0.1) is 11.3 Å². The molecule has 1 unspecified atom stereocenters. The maximum atomic E-state index is 12.5. The maximum absolute atomic E-state index is 12.5. The van der Waals surface area contributed by atoms with Crippen LogP contribution in [-0.2, 0) is 11.3 Å². The Balaban J connectivity index is 1.59. The van der Waals surface area contributed by atoms with Gasteiger partial charge in [-0.3, -0.25) is 4.79 Å². The average Bonchev–Trinajstić information content (AvgIpc) is 3.13. The molecule has 3 rings (SSSR count). The minimum absolute atomic E-state index is 0.281. The van der Waals surface area contributed by atoms with Crippen LogP contribution in [0.25, 0.3) is 0 Å². The van der Waals surface area contributed by atoms with Crippen molar-refractivity contribution in [1.29, 1.82) is 0 Å². The van der Waals surface area contributed by atoms with Crippen molar-refractivity contribution in [2.45, 2.75) is 25.8 Å². The van der Waals surface area contributed by atoms with Gasteiger partial charge in [-0.15, -0.1) is 0 Å². The normalized spacial score (nSPS) is 24.2. The van der Waals surface area contributed by atoms with Gasteiger partial charge in [0, 0.05) is 19.5 Å². The van der Waals surface area contributed by atoms with Gasteiger partial charge in [-0.25, -0.2) is 0 Å². The molecule has 1 saturated carbocycles. The third kappa shape index (κ3) is 2.52. The fourth-order valence-corrected chi connectivity index (χ4v) is 3.38. The van der Waals surface area contributed by atoms with E-state index in [-0.39, 0.29) is 5.92 Å². The van der Waals surface area contributed by atoms with Crippen LogP contribution in [0.4, 0.5) is 0 Å². The van der Waals surface area contributed by atoms with E-state index in [2.05, 4.69) is 17.4 Å². The number of amides is 1. The highest BCUT2D eigenvalue weighted by molar-refractivity contribution is 5.82. The van der Waals surface area contributed by atoms with Crippen LogP contribution in [0.2, 0.25) is 0 Å². The van der Waals surface area contributed by atoms with Gasteiger partial charge < -0.3 is 10.2 Å². The summed E-state index contributed by atoms with van der Waals surface area (Å²) < 4.78 is 0. The van der Waals surface area contributed by atoms with Crippen molar-refractivity contribution in [3.05, 3.63) is 35.9 Å². The van der Waals surface area contributed by atoms with Crippen molar-refractivity contribution in [1.82, 2.24) is 10.2 Å². The number of rotatable bonds is 3. The summed E-state index contributed by atoms with van der Waals surface area (Å²) in [5.74, 6) is 0.620. The van der Waals surface area contributed by atoms with E-state index in [0.29, 0.717) is 11.3 Å². The quantitative estimate of drug-likeness (QED) is 0.900. The lowest BCUT2D eigenvalue weighted by Gasteiger charge is -2.25.